The molecule has 0 radical (unpaired) electrons. The molecule has 32 heavy (non-hydrogen) atoms. The van der Waals surface area contributed by atoms with Gasteiger partial charge < -0.3 is 13.9 Å². The van der Waals surface area contributed by atoms with E-state index in [1.165, 1.54) is 32.7 Å². The second kappa shape index (κ2) is 6.71. The quantitative estimate of drug-likeness (QED) is 0.317. The van der Waals surface area contributed by atoms with E-state index in [9.17, 15) is 0 Å². The molecule has 0 unspecified atom stereocenters. The van der Waals surface area contributed by atoms with Crippen molar-refractivity contribution < 1.29 is 9.31 Å². The third-order valence-electron chi connectivity index (χ3n) is 7.23. The molecular formula is C28H26BNO2. The fraction of sp³-hybridized carbons (Fsp3) is 0.214. The van der Waals surface area contributed by atoms with Crippen molar-refractivity contribution in [2.24, 2.45) is 0 Å². The zero-order valence-corrected chi connectivity index (χ0v) is 18.9. The van der Waals surface area contributed by atoms with E-state index < -0.39 is 0 Å². The second-order valence-electron chi connectivity index (χ2n) is 9.72. The zero-order chi connectivity index (χ0) is 22.1. The number of hydrogen-bond donors (Lipinski definition) is 0. The van der Waals surface area contributed by atoms with Gasteiger partial charge in [0.1, 0.15) is 0 Å². The second-order valence-corrected chi connectivity index (χ2v) is 9.72. The van der Waals surface area contributed by atoms with Gasteiger partial charge in [0.2, 0.25) is 0 Å². The molecule has 1 aromatic heterocycles. The minimum absolute atomic E-state index is 0.366. The van der Waals surface area contributed by atoms with Gasteiger partial charge in [-0.25, -0.2) is 0 Å². The molecule has 1 aliphatic rings. The summed E-state index contributed by atoms with van der Waals surface area (Å²) in [5.41, 5.74) is 3.85. The van der Waals surface area contributed by atoms with Gasteiger partial charge in [0.05, 0.1) is 27.9 Å². The first-order chi connectivity index (χ1) is 15.4. The van der Waals surface area contributed by atoms with Crippen molar-refractivity contribution in [2.45, 2.75) is 38.9 Å². The number of para-hydroxylation sites is 1. The molecule has 1 saturated heterocycles. The van der Waals surface area contributed by atoms with Gasteiger partial charge in [-0.15, -0.1) is 0 Å². The lowest BCUT2D eigenvalue weighted by atomic mass is 9.79. The summed E-state index contributed by atoms with van der Waals surface area (Å²) in [5.74, 6) is 0. The topological polar surface area (TPSA) is 23.4 Å². The van der Waals surface area contributed by atoms with Crippen molar-refractivity contribution in [3.63, 3.8) is 0 Å². The summed E-state index contributed by atoms with van der Waals surface area (Å²) in [6, 6.07) is 30.3. The Morgan fingerprint density at radius 2 is 1.25 bits per heavy atom. The highest BCUT2D eigenvalue weighted by atomic mass is 16.7. The van der Waals surface area contributed by atoms with E-state index in [1.54, 1.807) is 0 Å². The smallest absolute Gasteiger partial charge is 0.399 e. The van der Waals surface area contributed by atoms with Gasteiger partial charge in [0.15, 0.2) is 0 Å². The average Bonchev–Trinajstić information content (AvgIpc) is 3.22. The molecule has 158 valence electrons. The minimum atomic E-state index is -0.386. The van der Waals surface area contributed by atoms with Crippen LogP contribution in [-0.2, 0) is 9.31 Å². The van der Waals surface area contributed by atoms with Crippen LogP contribution in [0.2, 0.25) is 0 Å². The number of rotatable bonds is 2. The molecule has 0 N–H and O–H groups in total. The first-order valence-corrected chi connectivity index (χ1v) is 11.2. The van der Waals surface area contributed by atoms with Crippen molar-refractivity contribution in [2.75, 3.05) is 0 Å². The van der Waals surface area contributed by atoms with Crippen LogP contribution in [0.15, 0.2) is 84.9 Å². The van der Waals surface area contributed by atoms with Crippen LogP contribution in [0, 0.1) is 0 Å². The van der Waals surface area contributed by atoms with E-state index in [0.29, 0.717) is 0 Å². The molecule has 0 aliphatic carbocycles. The molecule has 0 atom stereocenters. The lowest BCUT2D eigenvalue weighted by Crippen LogP contribution is -2.41. The number of aromatic nitrogens is 1. The number of benzene rings is 4. The van der Waals surface area contributed by atoms with E-state index >= 15 is 0 Å². The van der Waals surface area contributed by atoms with E-state index in [0.717, 1.165) is 11.0 Å². The molecule has 6 rings (SSSR count). The van der Waals surface area contributed by atoms with Crippen molar-refractivity contribution in [1.82, 2.24) is 4.57 Å². The largest absolute Gasteiger partial charge is 0.494 e. The fourth-order valence-electron chi connectivity index (χ4n) is 4.78. The Hall–Kier alpha value is -3.08. The molecule has 0 saturated carbocycles. The summed E-state index contributed by atoms with van der Waals surface area (Å²) in [4.78, 5) is 0. The van der Waals surface area contributed by atoms with Gasteiger partial charge in [0, 0.05) is 16.2 Å². The lowest BCUT2D eigenvalue weighted by molar-refractivity contribution is 0.00578. The molecular weight excluding hydrogens is 393 g/mol. The standard InChI is InChI=1S/C28H26BNO2/c1-27(2)28(3,4)32-29(31-27)20-16-17-23-22-13-7-8-14-25(22)30(26(23)18-20)24-15-9-11-19-10-5-6-12-21(19)24/h5-18H,1-4H3. The predicted octanol–water partition coefficient (Wildman–Crippen LogP) is 6.24. The number of nitrogens with zero attached hydrogens (tertiary/aromatic N) is 1. The van der Waals surface area contributed by atoms with Crippen molar-refractivity contribution in [1.29, 1.82) is 0 Å². The zero-order valence-electron chi connectivity index (χ0n) is 18.9. The molecule has 3 nitrogen and oxygen atoms in total. The molecule has 5 aromatic rings. The molecule has 4 aromatic carbocycles. The Morgan fingerprint density at radius 1 is 0.625 bits per heavy atom. The maximum Gasteiger partial charge on any atom is 0.494 e. The van der Waals surface area contributed by atoms with Crippen LogP contribution < -0.4 is 5.46 Å². The minimum Gasteiger partial charge on any atom is -0.399 e. The maximum atomic E-state index is 6.36. The highest BCUT2D eigenvalue weighted by Crippen LogP contribution is 2.38. The molecule has 0 bridgehead atoms. The van der Waals surface area contributed by atoms with Gasteiger partial charge in [-0.3, -0.25) is 0 Å². The fourth-order valence-corrected chi connectivity index (χ4v) is 4.78. The predicted molar refractivity (Wildman–Crippen MR) is 134 cm³/mol. The normalized spacial score (nSPS) is 17.6. The highest BCUT2D eigenvalue weighted by molar-refractivity contribution is 6.62. The maximum absolute atomic E-state index is 6.36. The van der Waals surface area contributed by atoms with Crippen LogP contribution in [-0.4, -0.2) is 22.9 Å². The van der Waals surface area contributed by atoms with E-state index in [-0.39, 0.29) is 18.3 Å². The number of hydrogen-bond acceptors (Lipinski definition) is 2. The van der Waals surface area contributed by atoms with Crippen molar-refractivity contribution in [3.05, 3.63) is 84.9 Å². The number of fused-ring (bicyclic) bond motifs is 4. The Bertz CT molecular complexity index is 1480. The van der Waals surface area contributed by atoms with Crippen molar-refractivity contribution >= 4 is 45.2 Å². The first-order valence-electron chi connectivity index (χ1n) is 11.2. The van der Waals surface area contributed by atoms with Gasteiger partial charge in [0.25, 0.3) is 0 Å². The molecule has 1 aliphatic heterocycles. The molecule has 0 amide bonds. The molecule has 0 spiro atoms. The summed E-state index contributed by atoms with van der Waals surface area (Å²) in [6.45, 7) is 8.38. The summed E-state index contributed by atoms with van der Waals surface area (Å²) in [7, 11) is -0.386. The summed E-state index contributed by atoms with van der Waals surface area (Å²) in [6.07, 6.45) is 0. The van der Waals surface area contributed by atoms with Crippen LogP contribution in [0.4, 0.5) is 0 Å². The van der Waals surface area contributed by atoms with Crippen molar-refractivity contribution in [3.8, 4) is 5.69 Å². The van der Waals surface area contributed by atoms with Crippen LogP contribution in [0.3, 0.4) is 0 Å². The van der Waals surface area contributed by atoms with E-state index in [2.05, 4.69) is 117 Å². The molecule has 4 heteroatoms. The monoisotopic (exact) mass is 419 g/mol. The first kappa shape index (κ1) is 19.6. The van der Waals surface area contributed by atoms with Gasteiger partial charge >= 0.3 is 7.12 Å². The Balaban J connectivity index is 1.63. The Morgan fingerprint density at radius 3 is 2.03 bits per heavy atom. The van der Waals surface area contributed by atoms with E-state index in [1.807, 2.05) is 0 Å². The summed E-state index contributed by atoms with van der Waals surface area (Å²) in [5, 5.41) is 4.95. The van der Waals surface area contributed by atoms with Gasteiger partial charge in [-0.2, -0.15) is 0 Å². The summed E-state index contributed by atoms with van der Waals surface area (Å²) >= 11 is 0. The van der Waals surface area contributed by atoms with Crippen LogP contribution >= 0.6 is 0 Å². The SMILES string of the molecule is CC1(C)OB(c2ccc3c4ccccc4n(-c4cccc5ccccc45)c3c2)OC1(C)C. The molecule has 2 heterocycles. The average molecular weight is 419 g/mol. The van der Waals surface area contributed by atoms with Crippen LogP contribution in [0.1, 0.15) is 27.7 Å². The summed E-state index contributed by atoms with van der Waals surface area (Å²) < 4.78 is 15.1. The van der Waals surface area contributed by atoms with Crippen LogP contribution in [0.25, 0.3) is 38.3 Å². The lowest BCUT2D eigenvalue weighted by Gasteiger charge is -2.32. The highest BCUT2D eigenvalue weighted by Gasteiger charge is 2.51. The van der Waals surface area contributed by atoms with Gasteiger partial charge in [-0.05, 0) is 56.7 Å². The molecule has 1 fully saturated rings. The van der Waals surface area contributed by atoms with E-state index in [4.69, 9.17) is 9.31 Å². The van der Waals surface area contributed by atoms with Gasteiger partial charge in [-0.1, -0.05) is 66.7 Å². The Kier molecular flexibility index (Phi) is 4.11. The Labute approximate surface area is 188 Å². The third-order valence-corrected chi connectivity index (χ3v) is 7.23. The van der Waals surface area contributed by atoms with Crippen LogP contribution in [0.5, 0.6) is 0 Å². The third kappa shape index (κ3) is 2.76.